The lowest BCUT2D eigenvalue weighted by atomic mass is 10.1. The van der Waals surface area contributed by atoms with Crippen LogP contribution in [0.1, 0.15) is 51.1 Å². The molecule has 0 unspecified atom stereocenters. The number of anilines is 1. The van der Waals surface area contributed by atoms with Crippen LogP contribution in [0.3, 0.4) is 0 Å². The first-order valence-electron chi connectivity index (χ1n) is 9.22. The van der Waals surface area contributed by atoms with Gasteiger partial charge in [0.25, 0.3) is 0 Å². The molecule has 1 aromatic heterocycles. The van der Waals surface area contributed by atoms with Gasteiger partial charge < -0.3 is 10.6 Å². The number of carbonyl (C=O) groups is 2. The molecule has 2 N–H and O–H groups in total. The molecule has 1 aliphatic carbocycles. The van der Waals surface area contributed by atoms with Gasteiger partial charge in [0.1, 0.15) is 5.01 Å². The van der Waals surface area contributed by atoms with Crippen LogP contribution in [0.4, 0.5) is 5.69 Å². The molecule has 5 nitrogen and oxygen atoms in total. The highest BCUT2D eigenvalue weighted by Crippen LogP contribution is 2.26. The third kappa shape index (κ3) is 5.39. The maximum atomic E-state index is 12.3. The summed E-state index contributed by atoms with van der Waals surface area (Å²) in [5, 5.41) is 8.74. The number of benzene rings is 1. The second-order valence-electron chi connectivity index (χ2n) is 6.84. The van der Waals surface area contributed by atoms with E-state index in [2.05, 4.69) is 15.6 Å². The van der Waals surface area contributed by atoms with Crippen molar-refractivity contribution in [1.29, 1.82) is 0 Å². The number of hydrogen-bond acceptors (Lipinski definition) is 4. The fourth-order valence-corrected chi connectivity index (χ4v) is 4.14. The predicted octanol–water partition coefficient (Wildman–Crippen LogP) is 4.15. The molecule has 26 heavy (non-hydrogen) atoms. The molecule has 3 rings (SSSR count). The molecule has 138 valence electrons. The largest absolute Gasteiger partial charge is 0.353 e. The first kappa shape index (κ1) is 18.6. The molecule has 0 spiro atoms. The fourth-order valence-electron chi connectivity index (χ4n) is 3.32. The molecule has 0 radical (unpaired) electrons. The van der Waals surface area contributed by atoms with E-state index in [1.807, 2.05) is 29.6 Å². The number of carbonyl (C=O) groups excluding carboxylic acids is 2. The normalized spacial score (nSPS) is 15.3. The predicted molar refractivity (Wildman–Crippen MR) is 105 cm³/mol. The van der Waals surface area contributed by atoms with Crippen molar-refractivity contribution in [2.75, 3.05) is 5.32 Å². The number of hydrogen-bond donors (Lipinski definition) is 2. The Balaban J connectivity index is 1.60. The Bertz CT molecular complexity index is 764. The van der Waals surface area contributed by atoms with E-state index in [1.165, 1.54) is 43.9 Å². The van der Waals surface area contributed by atoms with Crippen LogP contribution in [-0.4, -0.2) is 22.8 Å². The number of nitrogens with zero attached hydrogens (tertiary/aromatic N) is 1. The Morgan fingerprint density at radius 1 is 1.19 bits per heavy atom. The van der Waals surface area contributed by atoms with Gasteiger partial charge in [-0.05, 0) is 25.0 Å². The Morgan fingerprint density at radius 3 is 2.69 bits per heavy atom. The van der Waals surface area contributed by atoms with E-state index in [9.17, 15) is 9.59 Å². The molecule has 0 atom stereocenters. The van der Waals surface area contributed by atoms with Crippen molar-refractivity contribution >= 4 is 28.8 Å². The van der Waals surface area contributed by atoms with E-state index in [-0.39, 0.29) is 11.8 Å². The van der Waals surface area contributed by atoms with Crippen molar-refractivity contribution in [3.63, 3.8) is 0 Å². The van der Waals surface area contributed by atoms with Gasteiger partial charge in [0.05, 0.1) is 12.1 Å². The summed E-state index contributed by atoms with van der Waals surface area (Å²) in [5.41, 5.74) is 2.48. The molecule has 1 fully saturated rings. The Labute approximate surface area is 158 Å². The van der Waals surface area contributed by atoms with Gasteiger partial charge in [-0.15, -0.1) is 11.3 Å². The van der Waals surface area contributed by atoms with E-state index in [4.69, 9.17) is 0 Å². The zero-order valence-corrected chi connectivity index (χ0v) is 15.9. The first-order valence-corrected chi connectivity index (χ1v) is 10.1. The lowest BCUT2D eigenvalue weighted by Crippen LogP contribution is -2.35. The SMILES string of the molecule is CC(=O)Nc1cccc(-c2nc(CC(=O)NC3CCCCCC3)cs2)c1. The lowest BCUT2D eigenvalue weighted by molar-refractivity contribution is -0.121. The Morgan fingerprint density at radius 2 is 1.96 bits per heavy atom. The number of thiazole rings is 1. The molecular formula is C20H25N3O2S. The summed E-state index contributed by atoms with van der Waals surface area (Å²) in [4.78, 5) is 28.1. The monoisotopic (exact) mass is 371 g/mol. The molecule has 0 saturated heterocycles. The lowest BCUT2D eigenvalue weighted by Gasteiger charge is -2.15. The van der Waals surface area contributed by atoms with Crippen molar-refractivity contribution in [3.05, 3.63) is 35.3 Å². The van der Waals surface area contributed by atoms with Crippen molar-refractivity contribution in [3.8, 4) is 10.6 Å². The molecule has 0 bridgehead atoms. The van der Waals surface area contributed by atoms with Crippen LogP contribution >= 0.6 is 11.3 Å². The molecule has 1 heterocycles. The van der Waals surface area contributed by atoms with Crippen LogP contribution in [0.5, 0.6) is 0 Å². The van der Waals surface area contributed by atoms with Crippen LogP contribution < -0.4 is 10.6 Å². The van der Waals surface area contributed by atoms with Crippen molar-refractivity contribution in [1.82, 2.24) is 10.3 Å². The quantitative estimate of drug-likeness (QED) is 0.776. The molecular weight excluding hydrogens is 346 g/mol. The van der Waals surface area contributed by atoms with Gasteiger partial charge in [-0.3, -0.25) is 9.59 Å². The van der Waals surface area contributed by atoms with E-state index < -0.39 is 0 Å². The van der Waals surface area contributed by atoms with Crippen molar-refractivity contribution in [2.24, 2.45) is 0 Å². The van der Waals surface area contributed by atoms with E-state index in [1.54, 1.807) is 0 Å². The van der Waals surface area contributed by atoms with Crippen LogP contribution in [0.2, 0.25) is 0 Å². The van der Waals surface area contributed by atoms with Crippen LogP contribution in [0.15, 0.2) is 29.6 Å². The molecule has 0 aliphatic heterocycles. The smallest absolute Gasteiger partial charge is 0.226 e. The summed E-state index contributed by atoms with van der Waals surface area (Å²) in [6.45, 7) is 1.49. The Kier molecular flexibility index (Phi) is 6.39. The summed E-state index contributed by atoms with van der Waals surface area (Å²) in [5.74, 6) is -0.0436. The number of nitrogens with one attached hydrogen (secondary N) is 2. The van der Waals surface area contributed by atoms with Gasteiger partial charge in [0.15, 0.2) is 0 Å². The third-order valence-corrected chi connectivity index (χ3v) is 5.48. The van der Waals surface area contributed by atoms with E-state index in [0.29, 0.717) is 12.5 Å². The zero-order chi connectivity index (χ0) is 18.4. The van der Waals surface area contributed by atoms with Crippen LogP contribution in [-0.2, 0) is 16.0 Å². The van der Waals surface area contributed by atoms with Crippen molar-refractivity contribution < 1.29 is 9.59 Å². The third-order valence-electron chi connectivity index (χ3n) is 4.54. The highest BCUT2D eigenvalue weighted by Gasteiger charge is 2.16. The van der Waals surface area contributed by atoms with Gasteiger partial charge in [-0.25, -0.2) is 4.98 Å². The minimum atomic E-state index is -0.0999. The minimum Gasteiger partial charge on any atom is -0.353 e. The second-order valence-corrected chi connectivity index (χ2v) is 7.70. The highest BCUT2D eigenvalue weighted by atomic mass is 32.1. The zero-order valence-electron chi connectivity index (χ0n) is 15.1. The first-order chi connectivity index (χ1) is 12.6. The molecule has 1 aromatic carbocycles. The summed E-state index contributed by atoms with van der Waals surface area (Å²) in [6, 6.07) is 7.91. The summed E-state index contributed by atoms with van der Waals surface area (Å²) < 4.78 is 0. The summed E-state index contributed by atoms with van der Waals surface area (Å²) in [6.07, 6.45) is 7.46. The van der Waals surface area contributed by atoms with Gasteiger partial charge in [-0.1, -0.05) is 37.8 Å². The summed E-state index contributed by atoms with van der Waals surface area (Å²) in [7, 11) is 0. The number of aromatic nitrogens is 1. The fraction of sp³-hybridized carbons (Fsp3) is 0.450. The van der Waals surface area contributed by atoms with E-state index in [0.717, 1.165) is 34.8 Å². The van der Waals surface area contributed by atoms with Gasteiger partial charge in [0.2, 0.25) is 11.8 Å². The summed E-state index contributed by atoms with van der Waals surface area (Å²) >= 11 is 1.52. The highest BCUT2D eigenvalue weighted by molar-refractivity contribution is 7.13. The molecule has 2 aromatic rings. The standard InChI is InChI=1S/C20H25N3O2S/c1-14(24)21-17-10-6-7-15(11-17)20-23-18(13-26-20)12-19(25)22-16-8-4-2-3-5-9-16/h6-7,10-11,13,16H,2-5,8-9,12H2,1H3,(H,21,24)(H,22,25). The molecule has 2 amide bonds. The number of amides is 2. The van der Waals surface area contributed by atoms with Crippen molar-refractivity contribution in [2.45, 2.75) is 57.9 Å². The second kappa shape index (κ2) is 8.94. The maximum absolute atomic E-state index is 12.3. The van der Waals surface area contributed by atoms with E-state index >= 15 is 0 Å². The van der Waals surface area contributed by atoms with Gasteiger partial charge in [-0.2, -0.15) is 0 Å². The molecule has 6 heteroatoms. The number of rotatable bonds is 5. The average molecular weight is 372 g/mol. The van der Waals surface area contributed by atoms with Crippen LogP contribution in [0.25, 0.3) is 10.6 Å². The Hall–Kier alpha value is -2.21. The van der Waals surface area contributed by atoms with Crippen LogP contribution in [0, 0.1) is 0 Å². The average Bonchev–Trinajstić information content (AvgIpc) is 2.90. The maximum Gasteiger partial charge on any atom is 0.226 e. The molecule has 1 aliphatic rings. The van der Waals surface area contributed by atoms with Gasteiger partial charge >= 0.3 is 0 Å². The van der Waals surface area contributed by atoms with Gasteiger partial charge in [0, 0.05) is 29.6 Å². The topological polar surface area (TPSA) is 71.1 Å². The minimum absolute atomic E-state index is 0.0562. The molecule has 1 saturated carbocycles.